The van der Waals surface area contributed by atoms with Crippen molar-refractivity contribution in [2.24, 2.45) is 0 Å². The molecule has 0 spiro atoms. The average molecular weight is 287 g/mol. The fraction of sp³-hybridized carbons (Fsp3) is 0.294. The van der Waals surface area contributed by atoms with Crippen LogP contribution in [-0.4, -0.2) is 19.3 Å². The second-order valence-electron chi connectivity index (χ2n) is 4.88. The number of hydrogen-bond acceptors (Lipinski definition) is 4. The molecule has 0 saturated heterocycles. The van der Waals surface area contributed by atoms with E-state index in [1.807, 2.05) is 43.3 Å². The predicted octanol–water partition coefficient (Wildman–Crippen LogP) is 3.26. The Kier molecular flexibility index (Phi) is 5.06. The lowest BCUT2D eigenvalue weighted by Crippen LogP contribution is -2.18. The number of phenolic OH excluding ortho intramolecular Hbond substituents is 1. The van der Waals surface area contributed by atoms with Gasteiger partial charge in [0, 0.05) is 24.2 Å². The summed E-state index contributed by atoms with van der Waals surface area (Å²) in [5, 5.41) is 13.4. The minimum atomic E-state index is 0.0398. The number of ether oxygens (including phenoxy) is 2. The predicted molar refractivity (Wildman–Crippen MR) is 82.9 cm³/mol. The van der Waals surface area contributed by atoms with Crippen LogP contribution in [0.2, 0.25) is 0 Å². The molecule has 0 saturated carbocycles. The zero-order valence-corrected chi connectivity index (χ0v) is 12.6. The number of benzene rings is 2. The average Bonchev–Trinajstić information content (AvgIpc) is 2.52. The summed E-state index contributed by atoms with van der Waals surface area (Å²) in [6.07, 6.45) is 0. The lowest BCUT2D eigenvalue weighted by molar-refractivity contribution is 0.404. The summed E-state index contributed by atoms with van der Waals surface area (Å²) in [4.78, 5) is 0. The SMILES string of the molecule is COc1ccc(CNC(C)c2ccc(OC)cc2O)cc1. The Morgan fingerprint density at radius 3 is 2.19 bits per heavy atom. The Morgan fingerprint density at radius 1 is 1.00 bits per heavy atom. The molecule has 112 valence electrons. The van der Waals surface area contributed by atoms with Gasteiger partial charge >= 0.3 is 0 Å². The second-order valence-corrected chi connectivity index (χ2v) is 4.88. The Hall–Kier alpha value is -2.20. The molecule has 1 atom stereocenters. The van der Waals surface area contributed by atoms with Crippen LogP contribution in [0.25, 0.3) is 0 Å². The number of nitrogens with one attached hydrogen (secondary N) is 1. The van der Waals surface area contributed by atoms with Crippen LogP contribution in [0, 0.1) is 0 Å². The lowest BCUT2D eigenvalue weighted by atomic mass is 10.1. The Morgan fingerprint density at radius 2 is 1.62 bits per heavy atom. The Balaban J connectivity index is 1.99. The quantitative estimate of drug-likeness (QED) is 0.856. The highest BCUT2D eigenvalue weighted by atomic mass is 16.5. The summed E-state index contributed by atoms with van der Waals surface area (Å²) in [6, 6.07) is 13.3. The first-order valence-corrected chi connectivity index (χ1v) is 6.87. The molecule has 0 radical (unpaired) electrons. The largest absolute Gasteiger partial charge is 0.507 e. The Bertz CT molecular complexity index is 581. The van der Waals surface area contributed by atoms with Gasteiger partial charge in [0.15, 0.2) is 0 Å². The molecule has 2 N–H and O–H groups in total. The summed E-state index contributed by atoms with van der Waals surface area (Å²) < 4.78 is 10.2. The van der Waals surface area contributed by atoms with Gasteiger partial charge in [-0.05, 0) is 30.7 Å². The molecule has 4 nitrogen and oxygen atoms in total. The summed E-state index contributed by atoms with van der Waals surface area (Å²) in [5.41, 5.74) is 2.01. The van der Waals surface area contributed by atoms with E-state index in [0.717, 1.165) is 23.4 Å². The smallest absolute Gasteiger partial charge is 0.124 e. The van der Waals surface area contributed by atoms with Crippen LogP contribution >= 0.6 is 0 Å². The van der Waals surface area contributed by atoms with E-state index in [0.29, 0.717) is 5.75 Å². The van der Waals surface area contributed by atoms with Crippen LogP contribution in [0.5, 0.6) is 17.2 Å². The van der Waals surface area contributed by atoms with Crippen molar-refractivity contribution in [2.75, 3.05) is 14.2 Å². The van der Waals surface area contributed by atoms with Gasteiger partial charge in [0.25, 0.3) is 0 Å². The van der Waals surface area contributed by atoms with Crippen molar-refractivity contribution in [3.05, 3.63) is 53.6 Å². The highest BCUT2D eigenvalue weighted by molar-refractivity contribution is 5.41. The van der Waals surface area contributed by atoms with Crippen LogP contribution in [0.3, 0.4) is 0 Å². The van der Waals surface area contributed by atoms with E-state index in [-0.39, 0.29) is 11.8 Å². The minimum absolute atomic E-state index is 0.0398. The van der Waals surface area contributed by atoms with Crippen LogP contribution in [0.4, 0.5) is 0 Å². The van der Waals surface area contributed by atoms with E-state index in [1.165, 1.54) is 0 Å². The molecule has 2 aromatic rings. The normalized spacial score (nSPS) is 12.0. The highest BCUT2D eigenvalue weighted by Crippen LogP contribution is 2.28. The third-order valence-electron chi connectivity index (χ3n) is 3.48. The molecular formula is C17H21NO3. The van der Waals surface area contributed by atoms with E-state index >= 15 is 0 Å². The maximum atomic E-state index is 10.0. The molecule has 0 aliphatic carbocycles. The molecule has 0 aromatic heterocycles. The molecule has 2 rings (SSSR count). The van der Waals surface area contributed by atoms with Crippen molar-refractivity contribution < 1.29 is 14.6 Å². The van der Waals surface area contributed by atoms with Crippen molar-refractivity contribution in [1.29, 1.82) is 0 Å². The van der Waals surface area contributed by atoms with Gasteiger partial charge in [-0.15, -0.1) is 0 Å². The van der Waals surface area contributed by atoms with Gasteiger partial charge in [-0.2, -0.15) is 0 Å². The zero-order valence-electron chi connectivity index (χ0n) is 12.6. The summed E-state index contributed by atoms with van der Waals surface area (Å²) in [6.45, 7) is 2.74. The maximum Gasteiger partial charge on any atom is 0.124 e. The minimum Gasteiger partial charge on any atom is -0.507 e. The monoisotopic (exact) mass is 287 g/mol. The second kappa shape index (κ2) is 6.99. The molecule has 0 amide bonds. The van der Waals surface area contributed by atoms with Crippen LogP contribution < -0.4 is 14.8 Å². The standard InChI is InChI=1S/C17H21NO3/c1-12(16-9-8-15(21-3)10-17(16)19)18-11-13-4-6-14(20-2)7-5-13/h4-10,12,18-19H,11H2,1-3H3. The third-order valence-corrected chi connectivity index (χ3v) is 3.48. The van der Waals surface area contributed by atoms with Gasteiger partial charge in [0.2, 0.25) is 0 Å². The summed E-state index contributed by atoms with van der Waals surface area (Å²) in [5.74, 6) is 1.74. The highest BCUT2D eigenvalue weighted by Gasteiger charge is 2.10. The van der Waals surface area contributed by atoms with Gasteiger partial charge in [0.05, 0.1) is 14.2 Å². The first-order valence-electron chi connectivity index (χ1n) is 6.87. The van der Waals surface area contributed by atoms with E-state index < -0.39 is 0 Å². The lowest BCUT2D eigenvalue weighted by Gasteiger charge is -2.16. The van der Waals surface area contributed by atoms with Gasteiger partial charge in [-0.3, -0.25) is 0 Å². The van der Waals surface area contributed by atoms with Crippen molar-refractivity contribution in [3.8, 4) is 17.2 Å². The molecular weight excluding hydrogens is 266 g/mol. The van der Waals surface area contributed by atoms with Crippen molar-refractivity contribution >= 4 is 0 Å². The molecule has 0 bridgehead atoms. The first kappa shape index (κ1) is 15.2. The summed E-state index contributed by atoms with van der Waals surface area (Å²) >= 11 is 0. The van der Waals surface area contributed by atoms with Gasteiger partial charge in [-0.1, -0.05) is 18.2 Å². The topological polar surface area (TPSA) is 50.7 Å². The van der Waals surface area contributed by atoms with E-state index in [1.54, 1.807) is 20.3 Å². The van der Waals surface area contributed by atoms with Gasteiger partial charge in [0.1, 0.15) is 17.2 Å². The molecule has 0 aliphatic heterocycles. The van der Waals surface area contributed by atoms with Crippen LogP contribution in [-0.2, 0) is 6.54 Å². The molecule has 0 fully saturated rings. The Labute approximate surface area is 125 Å². The number of hydrogen-bond donors (Lipinski definition) is 2. The third kappa shape index (κ3) is 3.89. The van der Waals surface area contributed by atoms with Crippen molar-refractivity contribution in [1.82, 2.24) is 5.32 Å². The van der Waals surface area contributed by atoms with Gasteiger partial charge in [-0.25, -0.2) is 0 Å². The molecule has 0 heterocycles. The van der Waals surface area contributed by atoms with Gasteiger partial charge < -0.3 is 19.9 Å². The van der Waals surface area contributed by atoms with Crippen LogP contribution in [0.15, 0.2) is 42.5 Å². The van der Waals surface area contributed by atoms with Crippen molar-refractivity contribution in [3.63, 3.8) is 0 Å². The van der Waals surface area contributed by atoms with E-state index in [2.05, 4.69) is 5.32 Å². The number of aromatic hydroxyl groups is 1. The van der Waals surface area contributed by atoms with Crippen LogP contribution in [0.1, 0.15) is 24.1 Å². The number of phenols is 1. The maximum absolute atomic E-state index is 10.0. The molecule has 2 aromatic carbocycles. The molecule has 4 heteroatoms. The molecule has 0 aliphatic rings. The van der Waals surface area contributed by atoms with Crippen molar-refractivity contribution in [2.45, 2.75) is 19.5 Å². The van der Waals surface area contributed by atoms with E-state index in [4.69, 9.17) is 9.47 Å². The fourth-order valence-electron chi connectivity index (χ4n) is 2.14. The number of methoxy groups -OCH3 is 2. The van der Waals surface area contributed by atoms with E-state index in [9.17, 15) is 5.11 Å². The fourth-order valence-corrected chi connectivity index (χ4v) is 2.14. The first-order chi connectivity index (χ1) is 10.1. The molecule has 21 heavy (non-hydrogen) atoms. The number of rotatable bonds is 6. The molecule has 1 unspecified atom stereocenters. The summed E-state index contributed by atoms with van der Waals surface area (Å²) in [7, 11) is 3.24. The zero-order chi connectivity index (χ0) is 15.2.